The number of aromatic nitrogens is 1. The molecule has 0 bridgehead atoms. The van der Waals surface area contributed by atoms with Gasteiger partial charge in [0.25, 0.3) is 5.56 Å². The third-order valence-corrected chi connectivity index (χ3v) is 2.75. The minimum absolute atomic E-state index is 0.0843. The van der Waals surface area contributed by atoms with Crippen LogP contribution in [-0.2, 0) is 7.05 Å². The van der Waals surface area contributed by atoms with Crippen molar-refractivity contribution in [3.8, 4) is 22.9 Å². The molecule has 2 rings (SSSR count). The van der Waals surface area contributed by atoms with E-state index < -0.39 is 0 Å². The molecule has 1 heterocycles. The van der Waals surface area contributed by atoms with Crippen molar-refractivity contribution in [3.05, 3.63) is 52.4 Å². The largest absolute Gasteiger partial charge is 0.496 e. The van der Waals surface area contributed by atoms with Gasteiger partial charge in [0.05, 0.1) is 18.7 Å². The summed E-state index contributed by atoms with van der Waals surface area (Å²) in [4.78, 5) is 11.6. The van der Waals surface area contributed by atoms with Crippen LogP contribution in [0.4, 0.5) is 0 Å². The van der Waals surface area contributed by atoms with Crippen molar-refractivity contribution in [2.24, 2.45) is 7.05 Å². The van der Waals surface area contributed by atoms with E-state index >= 15 is 0 Å². The summed E-state index contributed by atoms with van der Waals surface area (Å²) >= 11 is 0. The normalized spacial score (nSPS) is 9.83. The van der Waals surface area contributed by atoms with Crippen LogP contribution < -0.4 is 10.3 Å². The number of aryl methyl sites for hydroxylation is 1. The van der Waals surface area contributed by atoms with Crippen LogP contribution in [0.5, 0.6) is 5.75 Å². The van der Waals surface area contributed by atoms with Crippen molar-refractivity contribution in [2.45, 2.75) is 0 Å². The quantitative estimate of drug-likeness (QED) is 0.806. The minimum atomic E-state index is -0.0843. The van der Waals surface area contributed by atoms with Crippen LogP contribution in [0.1, 0.15) is 5.56 Å². The van der Waals surface area contributed by atoms with Gasteiger partial charge in [-0.3, -0.25) is 4.79 Å². The summed E-state index contributed by atoms with van der Waals surface area (Å²) in [5, 5.41) is 8.84. The van der Waals surface area contributed by atoms with E-state index in [1.807, 2.05) is 6.07 Å². The van der Waals surface area contributed by atoms with Gasteiger partial charge >= 0.3 is 0 Å². The molecule has 0 aliphatic heterocycles. The number of nitriles is 1. The number of hydrogen-bond donors (Lipinski definition) is 0. The Bertz CT molecular complexity index is 681. The third kappa shape index (κ3) is 2.11. The SMILES string of the molecule is COc1cc(C#N)ccc1-c1ccn(C)c(=O)c1. The van der Waals surface area contributed by atoms with E-state index in [0.29, 0.717) is 11.3 Å². The highest BCUT2D eigenvalue weighted by Gasteiger charge is 2.07. The molecule has 0 saturated heterocycles. The Morgan fingerprint density at radius 1 is 1.28 bits per heavy atom. The third-order valence-electron chi connectivity index (χ3n) is 2.75. The summed E-state index contributed by atoms with van der Waals surface area (Å²) in [6.45, 7) is 0. The molecule has 0 amide bonds. The van der Waals surface area contributed by atoms with Gasteiger partial charge in [-0.05, 0) is 29.8 Å². The molecule has 90 valence electrons. The lowest BCUT2D eigenvalue weighted by Gasteiger charge is -2.09. The summed E-state index contributed by atoms with van der Waals surface area (Å²) < 4.78 is 6.75. The molecule has 0 saturated carbocycles. The van der Waals surface area contributed by atoms with Gasteiger partial charge in [-0.2, -0.15) is 5.26 Å². The Kier molecular flexibility index (Phi) is 3.16. The Morgan fingerprint density at radius 3 is 2.67 bits per heavy atom. The number of hydrogen-bond acceptors (Lipinski definition) is 3. The predicted octanol–water partition coefficient (Wildman–Crippen LogP) is 1.93. The lowest BCUT2D eigenvalue weighted by Crippen LogP contribution is -2.14. The van der Waals surface area contributed by atoms with E-state index in [-0.39, 0.29) is 5.56 Å². The van der Waals surface area contributed by atoms with Crippen LogP contribution in [0.25, 0.3) is 11.1 Å². The molecular weight excluding hydrogens is 228 g/mol. The Hall–Kier alpha value is -2.54. The van der Waals surface area contributed by atoms with Gasteiger partial charge in [-0.1, -0.05) is 0 Å². The van der Waals surface area contributed by atoms with Crippen molar-refractivity contribution < 1.29 is 4.74 Å². The first-order valence-electron chi connectivity index (χ1n) is 5.41. The molecule has 0 aliphatic carbocycles. The Labute approximate surface area is 105 Å². The second-order valence-corrected chi connectivity index (χ2v) is 3.89. The molecule has 0 atom stereocenters. The maximum absolute atomic E-state index is 11.6. The molecule has 0 fully saturated rings. The molecular formula is C14H12N2O2. The predicted molar refractivity (Wildman–Crippen MR) is 68.4 cm³/mol. The number of rotatable bonds is 2. The molecule has 4 nitrogen and oxygen atoms in total. The van der Waals surface area contributed by atoms with Gasteiger partial charge in [0.15, 0.2) is 0 Å². The van der Waals surface area contributed by atoms with Crippen molar-refractivity contribution in [1.82, 2.24) is 4.57 Å². The average molecular weight is 240 g/mol. The summed E-state index contributed by atoms with van der Waals surface area (Å²) in [6, 6.07) is 10.6. The minimum Gasteiger partial charge on any atom is -0.496 e. The Morgan fingerprint density at radius 2 is 2.06 bits per heavy atom. The molecule has 0 radical (unpaired) electrons. The zero-order valence-electron chi connectivity index (χ0n) is 10.2. The van der Waals surface area contributed by atoms with Crippen molar-refractivity contribution in [1.29, 1.82) is 5.26 Å². The van der Waals surface area contributed by atoms with E-state index in [0.717, 1.165) is 11.1 Å². The van der Waals surface area contributed by atoms with Gasteiger partial charge in [-0.15, -0.1) is 0 Å². The van der Waals surface area contributed by atoms with Crippen molar-refractivity contribution in [2.75, 3.05) is 7.11 Å². The maximum Gasteiger partial charge on any atom is 0.250 e. The highest BCUT2D eigenvalue weighted by molar-refractivity contribution is 5.71. The highest BCUT2D eigenvalue weighted by atomic mass is 16.5. The number of methoxy groups -OCH3 is 1. The second kappa shape index (κ2) is 4.76. The van der Waals surface area contributed by atoms with Crippen LogP contribution in [0.15, 0.2) is 41.3 Å². The molecule has 18 heavy (non-hydrogen) atoms. The van der Waals surface area contributed by atoms with Crippen LogP contribution in [0.2, 0.25) is 0 Å². The number of nitrogens with zero attached hydrogens (tertiary/aromatic N) is 2. The van der Waals surface area contributed by atoms with Gasteiger partial charge in [0.1, 0.15) is 5.75 Å². The molecule has 1 aromatic carbocycles. The highest BCUT2D eigenvalue weighted by Crippen LogP contribution is 2.29. The summed E-state index contributed by atoms with van der Waals surface area (Å²) in [7, 11) is 3.24. The van der Waals surface area contributed by atoms with Gasteiger partial charge in [-0.25, -0.2) is 0 Å². The lowest BCUT2D eigenvalue weighted by molar-refractivity contribution is 0.416. The molecule has 0 aliphatic rings. The summed E-state index contributed by atoms with van der Waals surface area (Å²) in [5.74, 6) is 0.585. The topological polar surface area (TPSA) is 55.0 Å². The number of ether oxygens (including phenoxy) is 1. The van der Waals surface area contributed by atoms with Crippen LogP contribution >= 0.6 is 0 Å². The summed E-state index contributed by atoms with van der Waals surface area (Å²) in [6.07, 6.45) is 1.70. The average Bonchev–Trinajstić information content (AvgIpc) is 2.41. The fourth-order valence-corrected chi connectivity index (χ4v) is 1.72. The van der Waals surface area contributed by atoms with E-state index in [1.54, 1.807) is 44.6 Å². The van der Waals surface area contributed by atoms with E-state index in [9.17, 15) is 4.79 Å². The van der Waals surface area contributed by atoms with Crippen LogP contribution in [0.3, 0.4) is 0 Å². The van der Waals surface area contributed by atoms with E-state index in [4.69, 9.17) is 10.00 Å². The zero-order valence-corrected chi connectivity index (χ0v) is 10.2. The lowest BCUT2D eigenvalue weighted by atomic mass is 10.0. The molecule has 4 heteroatoms. The smallest absolute Gasteiger partial charge is 0.250 e. The van der Waals surface area contributed by atoms with E-state index in [1.165, 1.54) is 4.57 Å². The maximum atomic E-state index is 11.6. The molecule has 0 unspecified atom stereocenters. The van der Waals surface area contributed by atoms with Crippen LogP contribution in [0, 0.1) is 11.3 Å². The Balaban J connectivity index is 2.60. The zero-order chi connectivity index (χ0) is 13.1. The van der Waals surface area contributed by atoms with Gasteiger partial charge in [0.2, 0.25) is 0 Å². The van der Waals surface area contributed by atoms with Crippen molar-refractivity contribution in [3.63, 3.8) is 0 Å². The number of pyridine rings is 1. The monoisotopic (exact) mass is 240 g/mol. The first-order valence-corrected chi connectivity index (χ1v) is 5.41. The van der Waals surface area contributed by atoms with Crippen molar-refractivity contribution >= 4 is 0 Å². The fourth-order valence-electron chi connectivity index (χ4n) is 1.72. The molecule has 0 N–H and O–H groups in total. The summed E-state index contributed by atoms with van der Waals surface area (Å²) in [5.41, 5.74) is 2.02. The van der Waals surface area contributed by atoms with Crippen LogP contribution in [-0.4, -0.2) is 11.7 Å². The molecule has 2 aromatic rings. The number of benzene rings is 1. The molecule has 1 aromatic heterocycles. The first kappa shape index (κ1) is 11.9. The van der Waals surface area contributed by atoms with Gasteiger partial charge in [0, 0.05) is 24.9 Å². The standard InChI is InChI=1S/C14H12N2O2/c1-16-6-5-11(8-14(16)17)12-4-3-10(9-15)7-13(12)18-2/h3-8H,1-2H3. The second-order valence-electron chi connectivity index (χ2n) is 3.89. The fraction of sp³-hybridized carbons (Fsp3) is 0.143. The first-order chi connectivity index (χ1) is 8.65. The van der Waals surface area contributed by atoms with Gasteiger partial charge < -0.3 is 9.30 Å². The molecule has 0 spiro atoms. The van der Waals surface area contributed by atoms with E-state index in [2.05, 4.69) is 6.07 Å².